The number of aliphatic hydroxyl groups is 4. The van der Waals surface area contributed by atoms with E-state index < -0.39 is 49.4 Å². The fraction of sp³-hybridized carbons (Fsp3) is 0.952. The van der Waals surface area contributed by atoms with Gasteiger partial charge in [0.2, 0.25) is 0 Å². The molecular weight excluding hydrogens is 664 g/mol. The maximum atomic E-state index is 12.7. The van der Waals surface area contributed by atoms with Crippen molar-refractivity contribution in [3.63, 3.8) is 0 Å². The van der Waals surface area contributed by atoms with E-state index in [-0.39, 0.29) is 32.0 Å². The molecule has 1 aliphatic rings. The molecule has 0 spiro atoms. The van der Waals surface area contributed by atoms with Crippen molar-refractivity contribution in [3.8, 4) is 0 Å². The Kier molecular flexibility index (Phi) is 32.1. The predicted octanol–water partition coefficient (Wildman–Crippen LogP) is 8.61. The van der Waals surface area contributed by atoms with Crippen molar-refractivity contribution in [2.24, 2.45) is 0 Å². The molecule has 2 unspecified atom stereocenters. The Hall–Kier alpha value is -1.30. The van der Waals surface area contributed by atoms with Crippen molar-refractivity contribution in [2.45, 2.75) is 237 Å². The number of hydrogen-bond acceptors (Lipinski definition) is 10. The van der Waals surface area contributed by atoms with Crippen LogP contribution in [0.3, 0.4) is 0 Å². The highest BCUT2D eigenvalue weighted by molar-refractivity contribution is 5.70. The van der Waals surface area contributed by atoms with Gasteiger partial charge in [-0.2, -0.15) is 0 Å². The molecule has 0 aromatic carbocycles. The Morgan fingerprint density at radius 2 is 0.904 bits per heavy atom. The van der Waals surface area contributed by atoms with E-state index in [0.29, 0.717) is 6.42 Å². The van der Waals surface area contributed by atoms with Gasteiger partial charge in [-0.1, -0.05) is 174 Å². The topological polar surface area (TPSA) is 152 Å². The zero-order chi connectivity index (χ0) is 38.1. The number of ether oxygens (including phenoxy) is 4. The molecule has 1 fully saturated rings. The number of carbonyl (C=O) groups excluding carboxylic acids is 2. The first-order chi connectivity index (χ1) is 25.3. The van der Waals surface area contributed by atoms with Crippen molar-refractivity contribution < 1.29 is 49.0 Å². The largest absolute Gasteiger partial charge is 0.462 e. The molecule has 4 N–H and O–H groups in total. The van der Waals surface area contributed by atoms with Crippen LogP contribution >= 0.6 is 0 Å². The molecule has 10 heteroatoms. The zero-order valence-electron chi connectivity index (χ0n) is 33.3. The van der Waals surface area contributed by atoms with Gasteiger partial charge in [-0.05, 0) is 12.8 Å². The van der Waals surface area contributed by atoms with Crippen LogP contribution in [-0.4, -0.2) is 89.0 Å². The Morgan fingerprint density at radius 3 is 1.31 bits per heavy atom. The molecule has 0 aromatic rings. The summed E-state index contributed by atoms with van der Waals surface area (Å²) in [6.07, 6.45) is 25.4. The molecular formula is C42H80O10. The van der Waals surface area contributed by atoms with Gasteiger partial charge in [-0.3, -0.25) is 9.59 Å². The first-order valence-corrected chi connectivity index (χ1v) is 21.6. The van der Waals surface area contributed by atoms with E-state index >= 15 is 0 Å². The molecule has 0 radical (unpaired) electrons. The second kappa shape index (κ2) is 34.2. The monoisotopic (exact) mass is 745 g/mol. The molecule has 10 nitrogen and oxygen atoms in total. The summed E-state index contributed by atoms with van der Waals surface area (Å²) in [5, 5.41) is 40.0. The third-order valence-corrected chi connectivity index (χ3v) is 10.2. The van der Waals surface area contributed by atoms with E-state index in [1.165, 1.54) is 128 Å². The van der Waals surface area contributed by atoms with Gasteiger partial charge >= 0.3 is 11.9 Å². The first-order valence-electron chi connectivity index (χ1n) is 21.6. The van der Waals surface area contributed by atoms with Gasteiger partial charge in [0.25, 0.3) is 0 Å². The first kappa shape index (κ1) is 48.7. The van der Waals surface area contributed by atoms with Crippen LogP contribution in [0.1, 0.15) is 200 Å². The van der Waals surface area contributed by atoms with E-state index in [2.05, 4.69) is 13.8 Å². The van der Waals surface area contributed by atoms with Gasteiger partial charge in [-0.15, -0.1) is 0 Å². The molecule has 308 valence electrons. The number of aliphatic hydroxyl groups excluding tert-OH is 4. The van der Waals surface area contributed by atoms with Crippen molar-refractivity contribution >= 4 is 11.9 Å². The summed E-state index contributed by atoms with van der Waals surface area (Å²) in [5.41, 5.74) is 0. The van der Waals surface area contributed by atoms with Crippen LogP contribution in [0.5, 0.6) is 0 Å². The molecule has 1 saturated heterocycles. The Morgan fingerprint density at radius 1 is 0.519 bits per heavy atom. The summed E-state index contributed by atoms with van der Waals surface area (Å²) < 4.78 is 22.1. The van der Waals surface area contributed by atoms with Gasteiger partial charge in [0.05, 0.1) is 13.2 Å². The molecule has 6 atom stereocenters. The highest BCUT2D eigenvalue weighted by Crippen LogP contribution is 2.23. The van der Waals surface area contributed by atoms with Crippen LogP contribution < -0.4 is 0 Å². The fourth-order valence-corrected chi connectivity index (χ4v) is 6.78. The smallest absolute Gasteiger partial charge is 0.306 e. The van der Waals surface area contributed by atoms with E-state index in [1.807, 2.05) is 0 Å². The minimum atomic E-state index is -1.59. The quantitative estimate of drug-likeness (QED) is 0.0363. The van der Waals surface area contributed by atoms with Gasteiger partial charge in [0.15, 0.2) is 12.4 Å². The molecule has 1 aliphatic heterocycles. The number of carbonyl (C=O) groups is 2. The van der Waals surface area contributed by atoms with Crippen molar-refractivity contribution in [1.29, 1.82) is 0 Å². The van der Waals surface area contributed by atoms with Crippen LogP contribution in [-0.2, 0) is 28.5 Å². The summed E-state index contributed by atoms with van der Waals surface area (Å²) in [5.74, 6) is -0.795. The SMILES string of the molecule is CCCCCCCCCCCCCCCCCCC(=O)O[C@H](COC(=O)CCCCCCCCCCCCC)CO[C@@H]1O[C@H](CO)[C@H](O)C(O)C1O. The maximum absolute atomic E-state index is 12.7. The van der Waals surface area contributed by atoms with Gasteiger partial charge in [0, 0.05) is 12.8 Å². The zero-order valence-corrected chi connectivity index (χ0v) is 33.3. The van der Waals surface area contributed by atoms with E-state index in [4.69, 9.17) is 18.9 Å². The highest BCUT2D eigenvalue weighted by Gasteiger charge is 2.44. The van der Waals surface area contributed by atoms with E-state index in [9.17, 15) is 30.0 Å². The number of hydrogen-bond donors (Lipinski definition) is 4. The van der Waals surface area contributed by atoms with E-state index in [1.54, 1.807) is 0 Å². The predicted molar refractivity (Wildman–Crippen MR) is 206 cm³/mol. The number of rotatable bonds is 36. The van der Waals surface area contributed by atoms with E-state index in [0.717, 1.165) is 38.5 Å². The normalized spacial score (nSPS) is 20.9. The van der Waals surface area contributed by atoms with Crippen molar-refractivity contribution in [2.75, 3.05) is 19.8 Å². The van der Waals surface area contributed by atoms with Gasteiger partial charge in [0.1, 0.15) is 31.0 Å². The second-order valence-electron chi connectivity index (χ2n) is 15.2. The standard InChI is InChI=1S/C42H80O10/c1-3-5-7-9-11-13-15-16-17-18-19-21-23-25-27-29-31-38(45)51-35(34-50-42-41(48)40(47)39(46)36(32-43)52-42)33-49-37(44)30-28-26-24-22-20-14-12-10-8-6-4-2/h35-36,39-43,46-48H,3-34H2,1-2H3/t35-,36-,39+,40?,41?,42-/m1/s1. The van der Waals surface area contributed by atoms with Crippen molar-refractivity contribution in [3.05, 3.63) is 0 Å². The van der Waals surface area contributed by atoms with Crippen molar-refractivity contribution in [1.82, 2.24) is 0 Å². The lowest BCUT2D eigenvalue weighted by molar-refractivity contribution is -0.305. The van der Waals surface area contributed by atoms with Gasteiger partial charge in [-0.25, -0.2) is 0 Å². The third-order valence-electron chi connectivity index (χ3n) is 10.2. The minimum Gasteiger partial charge on any atom is -0.462 e. The molecule has 0 saturated carbocycles. The maximum Gasteiger partial charge on any atom is 0.306 e. The Balaban J connectivity index is 2.33. The average Bonchev–Trinajstić information content (AvgIpc) is 3.14. The van der Waals surface area contributed by atoms with Crippen LogP contribution in [0.2, 0.25) is 0 Å². The number of esters is 2. The highest BCUT2D eigenvalue weighted by atomic mass is 16.7. The molecule has 52 heavy (non-hydrogen) atoms. The molecule has 0 bridgehead atoms. The molecule has 0 aromatic heterocycles. The molecule has 0 aliphatic carbocycles. The summed E-state index contributed by atoms with van der Waals surface area (Å²) in [6, 6.07) is 0. The Bertz CT molecular complexity index is 825. The summed E-state index contributed by atoms with van der Waals surface area (Å²) >= 11 is 0. The fourth-order valence-electron chi connectivity index (χ4n) is 6.78. The summed E-state index contributed by atoms with van der Waals surface area (Å²) in [7, 11) is 0. The molecule has 0 amide bonds. The Labute approximate surface area is 317 Å². The minimum absolute atomic E-state index is 0.209. The second-order valence-corrected chi connectivity index (χ2v) is 15.2. The average molecular weight is 745 g/mol. The third kappa shape index (κ3) is 25.7. The lowest BCUT2D eigenvalue weighted by Gasteiger charge is -2.39. The summed E-state index contributed by atoms with van der Waals surface area (Å²) in [4.78, 5) is 25.2. The summed E-state index contributed by atoms with van der Waals surface area (Å²) in [6.45, 7) is 3.43. The lowest BCUT2D eigenvalue weighted by Crippen LogP contribution is -2.59. The molecule has 1 rings (SSSR count). The van der Waals surface area contributed by atoms with Crippen LogP contribution in [0, 0.1) is 0 Å². The van der Waals surface area contributed by atoms with Crippen LogP contribution in [0.4, 0.5) is 0 Å². The number of unbranched alkanes of at least 4 members (excludes halogenated alkanes) is 25. The lowest BCUT2D eigenvalue weighted by atomic mass is 9.99. The van der Waals surface area contributed by atoms with Crippen LogP contribution in [0.15, 0.2) is 0 Å². The van der Waals surface area contributed by atoms with Crippen LogP contribution in [0.25, 0.3) is 0 Å². The van der Waals surface area contributed by atoms with Gasteiger partial charge < -0.3 is 39.4 Å². The molecule has 1 heterocycles.